The maximum atomic E-state index is 11.3. The second kappa shape index (κ2) is 17.3. The van der Waals surface area contributed by atoms with Crippen LogP contribution in [0, 0.1) is 0 Å². The van der Waals surface area contributed by atoms with Gasteiger partial charge in [-0.3, -0.25) is 0 Å². The first-order valence-electron chi connectivity index (χ1n) is 9.54. The van der Waals surface area contributed by atoms with Crippen molar-refractivity contribution < 1.29 is 47.6 Å². The van der Waals surface area contributed by atoms with E-state index < -0.39 is 21.5 Å². The molecule has 4 nitrogen and oxygen atoms in total. The number of aliphatic hydroxyl groups is 1. The third-order valence-corrected chi connectivity index (χ3v) is 5.87. The van der Waals surface area contributed by atoms with Crippen molar-refractivity contribution >= 4 is 10.1 Å². The number of aliphatic hydroxyl groups excluding tert-OH is 1. The Morgan fingerprint density at radius 2 is 1.25 bits per heavy atom. The van der Waals surface area contributed by atoms with Gasteiger partial charge in [-0.25, -0.2) is 8.42 Å². The summed E-state index contributed by atoms with van der Waals surface area (Å²) in [5.41, 5.74) is 0. The molecule has 0 fully saturated rings. The van der Waals surface area contributed by atoms with Gasteiger partial charge < -0.3 is 9.66 Å². The summed E-state index contributed by atoms with van der Waals surface area (Å²) < 4.78 is 33.9. The van der Waals surface area contributed by atoms with Gasteiger partial charge in [0.2, 0.25) is 0 Å². The third-order valence-electron chi connectivity index (χ3n) is 4.58. The third kappa shape index (κ3) is 16.3. The summed E-state index contributed by atoms with van der Waals surface area (Å²) in [6.07, 6.45) is 13.2. The van der Waals surface area contributed by atoms with E-state index in [1.807, 2.05) is 6.92 Å². The number of hydrogen-bond acceptors (Lipinski definition) is 4. The van der Waals surface area contributed by atoms with Crippen LogP contribution in [0.25, 0.3) is 0 Å². The van der Waals surface area contributed by atoms with Crippen molar-refractivity contribution in [2.75, 3.05) is 0 Å². The van der Waals surface area contributed by atoms with Crippen LogP contribution in [0.4, 0.5) is 0 Å². The van der Waals surface area contributed by atoms with Crippen molar-refractivity contribution in [2.24, 2.45) is 0 Å². The van der Waals surface area contributed by atoms with Crippen LogP contribution in [-0.2, 0) is 10.1 Å². The van der Waals surface area contributed by atoms with Crippen LogP contribution >= 0.6 is 0 Å². The van der Waals surface area contributed by atoms with E-state index in [0.717, 1.165) is 19.3 Å². The summed E-state index contributed by atoms with van der Waals surface area (Å²) in [5, 5.41) is 8.70. The van der Waals surface area contributed by atoms with Crippen molar-refractivity contribution in [2.45, 2.75) is 115 Å². The molecule has 0 spiro atoms. The van der Waals surface area contributed by atoms with Crippen LogP contribution in [-0.4, -0.2) is 29.4 Å². The Balaban J connectivity index is 0. The van der Waals surface area contributed by atoms with E-state index in [2.05, 4.69) is 6.92 Å². The molecule has 0 saturated heterocycles. The average molecular weight is 373 g/mol. The smallest absolute Gasteiger partial charge is 0.748 e. The molecule has 0 aromatic rings. The maximum absolute atomic E-state index is 11.3. The Morgan fingerprint density at radius 3 is 1.67 bits per heavy atom. The van der Waals surface area contributed by atoms with E-state index in [0.29, 0.717) is 19.3 Å². The van der Waals surface area contributed by atoms with Crippen LogP contribution in [0.5, 0.6) is 0 Å². The van der Waals surface area contributed by atoms with Gasteiger partial charge >= 0.3 is 29.6 Å². The van der Waals surface area contributed by atoms with E-state index >= 15 is 0 Å². The maximum Gasteiger partial charge on any atom is 1.00 e. The normalized spacial score (nSPS) is 14.2. The molecule has 0 aliphatic heterocycles. The van der Waals surface area contributed by atoms with Gasteiger partial charge in [0.1, 0.15) is 0 Å². The zero-order valence-corrected chi connectivity index (χ0v) is 19.0. The summed E-state index contributed by atoms with van der Waals surface area (Å²) in [7, 11) is -4.24. The van der Waals surface area contributed by atoms with Gasteiger partial charge in [-0.15, -0.1) is 0 Å². The Bertz CT molecular complexity index is 360. The van der Waals surface area contributed by atoms with E-state index in [1.165, 1.54) is 44.9 Å². The monoisotopic (exact) mass is 372 g/mol. The Kier molecular flexibility index (Phi) is 19.5. The number of rotatable bonds is 16. The van der Waals surface area contributed by atoms with E-state index in [4.69, 9.17) is 0 Å². The first-order chi connectivity index (χ1) is 10.9. The van der Waals surface area contributed by atoms with Crippen LogP contribution in [0.2, 0.25) is 0 Å². The molecule has 0 aromatic carbocycles. The van der Waals surface area contributed by atoms with Crippen LogP contribution < -0.4 is 29.6 Å². The minimum Gasteiger partial charge on any atom is -0.748 e. The fourth-order valence-electron chi connectivity index (χ4n) is 2.87. The molecule has 140 valence electrons. The molecule has 1 N–H and O–H groups in total. The molecule has 0 aliphatic rings. The average Bonchev–Trinajstić information content (AvgIpc) is 2.50. The molecule has 0 aliphatic carbocycles. The Morgan fingerprint density at radius 1 is 0.792 bits per heavy atom. The van der Waals surface area contributed by atoms with E-state index in [9.17, 15) is 18.1 Å². The second-order valence-corrected chi connectivity index (χ2v) is 8.38. The van der Waals surface area contributed by atoms with Gasteiger partial charge in [-0.1, -0.05) is 78.1 Å². The van der Waals surface area contributed by atoms with Crippen molar-refractivity contribution in [1.29, 1.82) is 0 Å². The summed E-state index contributed by atoms with van der Waals surface area (Å²) in [6, 6.07) is 0. The molecule has 0 amide bonds. The molecule has 0 heterocycles. The first kappa shape index (κ1) is 27.1. The van der Waals surface area contributed by atoms with Gasteiger partial charge in [0, 0.05) is 5.25 Å². The summed E-state index contributed by atoms with van der Waals surface area (Å²) >= 11 is 0. The quantitative estimate of drug-likeness (QED) is 0.254. The Labute approximate surface area is 172 Å². The molecule has 2 unspecified atom stereocenters. The fourth-order valence-corrected chi connectivity index (χ4v) is 3.75. The molecule has 0 saturated carbocycles. The van der Waals surface area contributed by atoms with Crippen molar-refractivity contribution in [1.82, 2.24) is 0 Å². The molecule has 24 heavy (non-hydrogen) atoms. The van der Waals surface area contributed by atoms with Crippen molar-refractivity contribution in [3.05, 3.63) is 0 Å². The zero-order valence-electron chi connectivity index (χ0n) is 16.1. The molecule has 0 bridgehead atoms. The topological polar surface area (TPSA) is 77.4 Å². The zero-order chi connectivity index (χ0) is 17.6. The SMILES string of the molecule is CCCCCCCCCCCCC(CCC(O)CC)S(=O)(=O)[O-].[Na+]. The van der Waals surface area contributed by atoms with Crippen LogP contribution in [0.3, 0.4) is 0 Å². The Hall–Kier alpha value is 0.870. The molecular formula is C18H37NaO4S. The van der Waals surface area contributed by atoms with Crippen molar-refractivity contribution in [3.8, 4) is 0 Å². The second-order valence-electron chi connectivity index (χ2n) is 6.72. The van der Waals surface area contributed by atoms with Crippen molar-refractivity contribution in [3.63, 3.8) is 0 Å². The van der Waals surface area contributed by atoms with E-state index in [1.54, 1.807) is 0 Å². The summed E-state index contributed by atoms with van der Waals surface area (Å²) in [4.78, 5) is 0. The van der Waals surface area contributed by atoms with Gasteiger partial charge in [0.15, 0.2) is 0 Å². The molecule has 0 rings (SSSR count). The molecule has 0 radical (unpaired) electrons. The standard InChI is InChI=1S/C18H38O4S.Na/c1-3-5-6-7-8-9-10-11-12-13-14-18(23(20,21)22)16-15-17(19)4-2;/h17-19H,3-16H2,1-2H3,(H,20,21,22);/q;+1/p-1. The van der Waals surface area contributed by atoms with Gasteiger partial charge in [-0.2, -0.15) is 0 Å². The number of unbranched alkanes of at least 4 members (excludes halogenated alkanes) is 9. The summed E-state index contributed by atoms with van der Waals surface area (Å²) in [6.45, 7) is 4.08. The predicted octanol–water partition coefficient (Wildman–Crippen LogP) is 1.77. The van der Waals surface area contributed by atoms with Crippen LogP contribution in [0.1, 0.15) is 104 Å². The van der Waals surface area contributed by atoms with E-state index in [-0.39, 0.29) is 36.0 Å². The predicted molar refractivity (Wildman–Crippen MR) is 95.5 cm³/mol. The van der Waals surface area contributed by atoms with Gasteiger partial charge in [0.05, 0.1) is 16.2 Å². The number of hydrogen-bond donors (Lipinski definition) is 1. The minimum atomic E-state index is -4.24. The van der Waals surface area contributed by atoms with Crippen LogP contribution in [0.15, 0.2) is 0 Å². The van der Waals surface area contributed by atoms with Gasteiger partial charge in [-0.05, 0) is 25.7 Å². The fraction of sp³-hybridized carbons (Fsp3) is 1.00. The molecule has 6 heteroatoms. The van der Waals surface area contributed by atoms with Gasteiger partial charge in [0.25, 0.3) is 0 Å². The minimum absolute atomic E-state index is 0. The first-order valence-corrected chi connectivity index (χ1v) is 11.0. The molecule has 0 aromatic heterocycles. The molecular weight excluding hydrogens is 335 g/mol. The largest absolute Gasteiger partial charge is 1.00 e. The summed E-state index contributed by atoms with van der Waals surface area (Å²) in [5.74, 6) is 0. The molecule has 2 atom stereocenters.